The summed E-state index contributed by atoms with van der Waals surface area (Å²) in [5.74, 6) is -0.505. The van der Waals surface area contributed by atoms with E-state index in [2.05, 4.69) is 20.9 Å². The Kier molecular flexibility index (Phi) is 12.2. The summed E-state index contributed by atoms with van der Waals surface area (Å²) in [5.41, 5.74) is 5.88. The Hall–Kier alpha value is -4.96. The number of benzene rings is 2. The Labute approximate surface area is 312 Å². The molecule has 0 bridgehead atoms. The zero-order valence-electron chi connectivity index (χ0n) is 30.5. The van der Waals surface area contributed by atoms with Crippen LogP contribution in [0.2, 0.25) is 0 Å². The third-order valence-electron chi connectivity index (χ3n) is 9.98. The number of nitrogens with one attached hydrogen (secondary N) is 2. The van der Waals surface area contributed by atoms with E-state index >= 15 is 0 Å². The van der Waals surface area contributed by atoms with Gasteiger partial charge < -0.3 is 49.6 Å². The highest BCUT2D eigenvalue weighted by Crippen LogP contribution is 2.33. The Morgan fingerprint density at radius 2 is 1.11 bits per heavy atom. The van der Waals surface area contributed by atoms with Crippen molar-refractivity contribution < 1.29 is 48.5 Å². The number of hydrogen-bond donors (Lipinski definition) is 6. The first-order chi connectivity index (χ1) is 25.9. The molecule has 0 spiro atoms. The molecule has 2 aliphatic carbocycles. The maximum absolute atomic E-state index is 14.0. The summed E-state index contributed by atoms with van der Waals surface area (Å²) < 4.78 is 22.3. The number of aromatic nitrogens is 2. The lowest BCUT2D eigenvalue weighted by atomic mass is 9.99. The fourth-order valence-electron chi connectivity index (χ4n) is 7.09. The molecule has 2 heterocycles. The third kappa shape index (κ3) is 8.39. The van der Waals surface area contributed by atoms with Gasteiger partial charge in [-0.3, -0.25) is 9.59 Å². The summed E-state index contributed by atoms with van der Waals surface area (Å²) in [5, 5.41) is 58.6. The Morgan fingerprint density at radius 1 is 0.722 bits per heavy atom. The topological polar surface area (TPSA) is 210 Å². The molecule has 0 radical (unpaired) electrons. The van der Waals surface area contributed by atoms with E-state index in [9.17, 15) is 30.0 Å². The van der Waals surface area contributed by atoms with Crippen molar-refractivity contribution in [2.75, 3.05) is 13.2 Å². The quantitative estimate of drug-likeness (QED) is 0.104. The fraction of sp³-hybridized carbons (Fsp3) is 0.400. The average molecular weight is 743 g/mol. The van der Waals surface area contributed by atoms with Gasteiger partial charge in [0.2, 0.25) is 0 Å². The lowest BCUT2D eigenvalue weighted by Crippen LogP contribution is -2.57. The van der Waals surface area contributed by atoms with Crippen molar-refractivity contribution in [3.05, 3.63) is 117 Å². The Morgan fingerprint density at radius 3 is 1.48 bits per heavy atom. The highest BCUT2D eigenvalue weighted by atomic mass is 16.5. The number of fused-ring (bicyclic) bond motifs is 2. The predicted octanol–water partition coefficient (Wildman–Crippen LogP) is 2.66. The van der Waals surface area contributed by atoms with E-state index in [0.29, 0.717) is 46.9 Å². The normalized spacial score (nSPS) is 21.6. The molecule has 0 aliphatic heterocycles. The lowest BCUT2D eigenvalue weighted by molar-refractivity contribution is -0.166. The van der Waals surface area contributed by atoms with Crippen LogP contribution in [0.5, 0.6) is 0 Å². The molecule has 0 unspecified atom stereocenters. The van der Waals surface area contributed by atoms with Gasteiger partial charge in [0.15, 0.2) is 12.2 Å². The second-order valence-corrected chi connectivity index (χ2v) is 13.7. The first kappa shape index (κ1) is 38.8. The van der Waals surface area contributed by atoms with Crippen LogP contribution in [0.25, 0.3) is 12.2 Å². The molecule has 4 aromatic rings. The molecule has 0 saturated carbocycles. The summed E-state index contributed by atoms with van der Waals surface area (Å²) in [6.45, 7) is 6.66. The second kappa shape index (κ2) is 17.0. The molecule has 2 aliphatic rings. The van der Waals surface area contributed by atoms with Crippen molar-refractivity contribution >= 4 is 24.0 Å². The van der Waals surface area contributed by atoms with Crippen molar-refractivity contribution in [1.29, 1.82) is 0 Å². The minimum Gasteiger partial charge on any atom is -0.390 e. The third-order valence-corrected chi connectivity index (χ3v) is 9.98. The van der Waals surface area contributed by atoms with Crippen molar-refractivity contribution in [1.82, 2.24) is 20.9 Å². The minimum atomic E-state index is -2.01. The van der Waals surface area contributed by atoms with Gasteiger partial charge >= 0.3 is 0 Å². The monoisotopic (exact) mass is 742 g/mol. The smallest absolute Gasteiger partial charge is 0.252 e. The highest BCUT2D eigenvalue weighted by molar-refractivity contribution is 5.84. The van der Waals surface area contributed by atoms with Gasteiger partial charge in [-0.1, -0.05) is 83.1 Å². The number of aliphatic hydroxyl groups excluding tert-OH is 4. The Bertz CT molecular complexity index is 1820. The average Bonchev–Trinajstić information content (AvgIpc) is 3.86. The van der Waals surface area contributed by atoms with Crippen LogP contribution in [-0.2, 0) is 31.9 Å². The summed E-state index contributed by atoms with van der Waals surface area (Å²) in [7, 11) is 0. The molecule has 14 nitrogen and oxygen atoms in total. The number of aliphatic hydroxyl groups is 4. The molecule has 6 N–H and O–H groups in total. The molecule has 2 aromatic carbocycles. The van der Waals surface area contributed by atoms with Crippen molar-refractivity contribution in [3.8, 4) is 0 Å². The first-order valence-corrected chi connectivity index (χ1v) is 17.8. The van der Waals surface area contributed by atoms with Crippen LogP contribution in [0.1, 0.15) is 68.4 Å². The van der Waals surface area contributed by atoms with Gasteiger partial charge in [0.25, 0.3) is 11.8 Å². The summed E-state index contributed by atoms with van der Waals surface area (Å²) >= 11 is 0. The van der Waals surface area contributed by atoms with Crippen LogP contribution >= 0.6 is 0 Å². The summed E-state index contributed by atoms with van der Waals surface area (Å²) in [4.78, 5) is 27.9. The van der Waals surface area contributed by atoms with Gasteiger partial charge in [-0.25, -0.2) is 0 Å². The number of nitrogens with zero attached hydrogens (tertiary/aromatic N) is 2. The first-order valence-electron chi connectivity index (χ1n) is 17.8. The van der Waals surface area contributed by atoms with Crippen LogP contribution in [-0.4, -0.2) is 92.4 Å². The van der Waals surface area contributed by atoms with E-state index in [-0.39, 0.29) is 13.2 Å². The summed E-state index contributed by atoms with van der Waals surface area (Å²) in [6, 6.07) is 13.0. The minimum absolute atomic E-state index is 0.196. The van der Waals surface area contributed by atoms with Crippen LogP contribution < -0.4 is 10.6 Å². The SMILES string of the molecule is Cc1noc(C)c1/C=C/CO[C@@H](C(=O)N[C@H]1c2ccccc2C[C@H]1O)[C@H](O)[C@@H](O)[C@@H](OC/C=C/c1c(C)noc1C)C(=O)N[C@H]1c2ccccc2C[C@H]1O. The van der Waals surface area contributed by atoms with Gasteiger partial charge in [0.1, 0.15) is 23.7 Å². The molecule has 14 heteroatoms. The largest absolute Gasteiger partial charge is 0.390 e. The molecule has 54 heavy (non-hydrogen) atoms. The fourth-order valence-corrected chi connectivity index (χ4v) is 7.09. The van der Waals surface area contributed by atoms with Crippen LogP contribution in [0.4, 0.5) is 0 Å². The molecule has 2 aromatic heterocycles. The standard InChI is InChI=1S/C40H46N4O10/c1-21-27(23(3)53-43-21)15-9-17-51-37(39(49)41-33-29-13-7-5-11-25(29)19-31(33)45)35(47)36(48)38(52-18-10-16-28-22(2)44-54-24(28)4)40(50)42-34-30-14-8-6-12-26(30)20-32(34)46/h5-16,31-38,45-48H,17-20H2,1-4H3,(H,41,49)(H,42,50)/b15-9+,16-10+/t31-,32-,33+,34+,35-,36-,37-,38-/m1/s1. The summed E-state index contributed by atoms with van der Waals surface area (Å²) in [6.07, 6.45) is -2.14. The maximum atomic E-state index is 14.0. The zero-order chi connectivity index (χ0) is 38.5. The van der Waals surface area contributed by atoms with Crippen LogP contribution in [0, 0.1) is 27.7 Å². The van der Waals surface area contributed by atoms with Gasteiger partial charge in [-0.2, -0.15) is 0 Å². The number of aryl methyl sites for hydroxylation is 4. The van der Waals surface area contributed by atoms with E-state index in [0.717, 1.165) is 22.3 Å². The molecule has 2 amide bonds. The number of rotatable bonds is 15. The number of carbonyl (C=O) groups is 2. The number of hydrogen-bond acceptors (Lipinski definition) is 12. The number of ether oxygens (including phenoxy) is 2. The van der Waals surface area contributed by atoms with Crippen LogP contribution in [0.15, 0.2) is 69.7 Å². The van der Waals surface area contributed by atoms with Gasteiger partial charge in [-0.15, -0.1) is 0 Å². The van der Waals surface area contributed by atoms with E-state index in [1.165, 1.54) is 0 Å². The number of amides is 2. The van der Waals surface area contributed by atoms with Crippen LogP contribution in [0.3, 0.4) is 0 Å². The van der Waals surface area contributed by atoms with Crippen molar-refractivity contribution in [3.63, 3.8) is 0 Å². The molecular weight excluding hydrogens is 696 g/mol. The molecule has 0 fully saturated rings. The molecular formula is C40H46N4O10. The van der Waals surface area contributed by atoms with E-state index < -0.39 is 60.5 Å². The lowest BCUT2D eigenvalue weighted by Gasteiger charge is -2.32. The highest BCUT2D eigenvalue weighted by Gasteiger charge is 2.44. The molecule has 0 saturated heterocycles. The van der Waals surface area contributed by atoms with Crippen molar-refractivity contribution in [2.45, 2.75) is 89.2 Å². The molecule has 8 atom stereocenters. The van der Waals surface area contributed by atoms with Gasteiger partial charge in [0.05, 0.1) is 48.9 Å². The van der Waals surface area contributed by atoms with Gasteiger partial charge in [0, 0.05) is 24.0 Å². The predicted molar refractivity (Wildman–Crippen MR) is 196 cm³/mol. The van der Waals surface area contributed by atoms with Gasteiger partial charge in [-0.05, 0) is 49.9 Å². The molecule has 6 rings (SSSR count). The maximum Gasteiger partial charge on any atom is 0.252 e. The van der Waals surface area contributed by atoms with E-state index in [1.54, 1.807) is 76.3 Å². The van der Waals surface area contributed by atoms with E-state index in [1.807, 2.05) is 24.3 Å². The number of carbonyl (C=O) groups excluding carboxylic acids is 2. The van der Waals surface area contributed by atoms with E-state index in [4.69, 9.17) is 18.5 Å². The van der Waals surface area contributed by atoms with Crippen molar-refractivity contribution in [2.24, 2.45) is 0 Å². The Balaban J connectivity index is 1.25. The zero-order valence-corrected chi connectivity index (χ0v) is 30.5. The molecule has 286 valence electrons. The second-order valence-electron chi connectivity index (χ2n) is 13.7.